The van der Waals surface area contributed by atoms with Crippen LogP contribution in [0.1, 0.15) is 6.42 Å². The van der Waals surface area contributed by atoms with Crippen molar-refractivity contribution >= 4 is 11.9 Å². The van der Waals surface area contributed by atoms with Crippen molar-refractivity contribution in [2.75, 3.05) is 6.61 Å². The molecule has 0 saturated carbocycles. The molecule has 0 aromatic heterocycles. The minimum absolute atomic E-state index is 0.793. The van der Waals surface area contributed by atoms with Crippen LogP contribution in [0.2, 0.25) is 0 Å². The smallest absolute Gasteiger partial charge is 0.326 e. The highest BCUT2D eigenvalue weighted by atomic mass is 16.4. The van der Waals surface area contributed by atoms with E-state index in [0.29, 0.717) is 0 Å². The van der Waals surface area contributed by atoms with Gasteiger partial charge >= 0.3 is 11.9 Å². The minimum atomic E-state index is -2.06. The van der Waals surface area contributed by atoms with Crippen molar-refractivity contribution in [1.82, 2.24) is 0 Å². The van der Waals surface area contributed by atoms with Crippen LogP contribution in [0.25, 0.3) is 0 Å². The molecule has 6 nitrogen and oxygen atoms in total. The van der Waals surface area contributed by atoms with Crippen molar-refractivity contribution in [1.29, 1.82) is 0 Å². The Kier molecular flexibility index (Phi) is 2.97. The maximum absolute atomic E-state index is 10.2. The Labute approximate surface area is 62.2 Å². The largest absolute Gasteiger partial charge is 0.481 e. The Bertz CT molecular complexity index is 180. The van der Waals surface area contributed by atoms with Gasteiger partial charge in [0.25, 0.3) is 0 Å². The van der Waals surface area contributed by atoms with Crippen LogP contribution in [0, 0.1) is 0 Å². The molecule has 0 aliphatic heterocycles. The quantitative estimate of drug-likeness (QED) is 0.389. The van der Waals surface area contributed by atoms with Gasteiger partial charge in [-0.05, 0) is 0 Å². The zero-order valence-corrected chi connectivity index (χ0v) is 5.65. The SMILES string of the molecule is NC(CO)(CC(=O)O)C(=O)O. The number of aliphatic hydroxyl groups excluding tert-OH is 1. The molecule has 0 fully saturated rings. The summed E-state index contributed by atoms with van der Waals surface area (Å²) in [6.07, 6.45) is -0.793. The monoisotopic (exact) mass is 163 g/mol. The number of hydrogen-bond acceptors (Lipinski definition) is 4. The van der Waals surface area contributed by atoms with E-state index < -0.39 is 30.5 Å². The maximum Gasteiger partial charge on any atom is 0.326 e. The molecule has 0 rings (SSSR count). The molecule has 0 aliphatic rings. The van der Waals surface area contributed by atoms with Gasteiger partial charge in [-0.2, -0.15) is 0 Å². The Morgan fingerprint density at radius 1 is 1.36 bits per heavy atom. The van der Waals surface area contributed by atoms with Crippen molar-refractivity contribution in [2.45, 2.75) is 12.0 Å². The molecular formula is C5H9NO5. The van der Waals surface area contributed by atoms with Crippen molar-refractivity contribution in [2.24, 2.45) is 5.73 Å². The summed E-state index contributed by atoms with van der Waals surface area (Å²) in [6, 6.07) is 0. The average molecular weight is 163 g/mol. The van der Waals surface area contributed by atoms with Gasteiger partial charge in [0.15, 0.2) is 0 Å². The topological polar surface area (TPSA) is 121 Å². The maximum atomic E-state index is 10.2. The summed E-state index contributed by atoms with van der Waals surface area (Å²) in [6.45, 7) is -0.894. The normalized spacial score (nSPS) is 15.5. The molecule has 0 bridgehead atoms. The third kappa shape index (κ3) is 2.52. The van der Waals surface area contributed by atoms with Crippen LogP contribution in [0.4, 0.5) is 0 Å². The van der Waals surface area contributed by atoms with Crippen LogP contribution < -0.4 is 5.73 Å². The van der Waals surface area contributed by atoms with E-state index in [1.165, 1.54) is 0 Å². The van der Waals surface area contributed by atoms with Gasteiger partial charge in [0.1, 0.15) is 5.54 Å². The first-order valence-corrected chi connectivity index (χ1v) is 2.77. The lowest BCUT2D eigenvalue weighted by atomic mass is 9.98. The van der Waals surface area contributed by atoms with Gasteiger partial charge in [-0.1, -0.05) is 0 Å². The molecule has 0 heterocycles. The molecule has 0 aliphatic carbocycles. The summed E-state index contributed by atoms with van der Waals surface area (Å²) in [5, 5.41) is 24.9. The van der Waals surface area contributed by atoms with Crippen molar-refractivity contribution < 1.29 is 24.9 Å². The molecule has 0 aromatic rings. The Hall–Kier alpha value is -1.14. The Balaban J connectivity index is 4.34. The van der Waals surface area contributed by atoms with Gasteiger partial charge in [-0.3, -0.25) is 9.59 Å². The number of aliphatic carboxylic acids is 2. The van der Waals surface area contributed by atoms with Crippen LogP contribution >= 0.6 is 0 Å². The van der Waals surface area contributed by atoms with Crippen LogP contribution in [0.3, 0.4) is 0 Å². The van der Waals surface area contributed by atoms with Gasteiger partial charge in [0.2, 0.25) is 0 Å². The summed E-state index contributed by atoms with van der Waals surface area (Å²) in [7, 11) is 0. The van der Waals surface area contributed by atoms with E-state index in [2.05, 4.69) is 0 Å². The molecule has 1 unspecified atom stereocenters. The number of aliphatic hydroxyl groups is 1. The molecule has 6 heteroatoms. The highest BCUT2D eigenvalue weighted by Gasteiger charge is 2.35. The van der Waals surface area contributed by atoms with Crippen molar-refractivity contribution in [3.63, 3.8) is 0 Å². The van der Waals surface area contributed by atoms with E-state index in [1.807, 2.05) is 0 Å². The molecule has 5 N–H and O–H groups in total. The lowest BCUT2D eigenvalue weighted by Gasteiger charge is -2.18. The second kappa shape index (κ2) is 3.31. The molecule has 0 saturated heterocycles. The third-order valence-corrected chi connectivity index (χ3v) is 1.17. The van der Waals surface area contributed by atoms with Crippen molar-refractivity contribution in [3.05, 3.63) is 0 Å². The van der Waals surface area contributed by atoms with Gasteiger partial charge in [-0.15, -0.1) is 0 Å². The second-order valence-electron chi connectivity index (χ2n) is 2.19. The molecule has 0 amide bonds. The summed E-state index contributed by atoms with van der Waals surface area (Å²) < 4.78 is 0. The minimum Gasteiger partial charge on any atom is -0.481 e. The first-order chi connectivity index (χ1) is 4.92. The predicted octanol–water partition coefficient (Wildman–Crippen LogP) is -1.76. The summed E-state index contributed by atoms with van der Waals surface area (Å²) in [4.78, 5) is 20.3. The molecule has 0 radical (unpaired) electrons. The van der Waals surface area contributed by atoms with Gasteiger partial charge in [0.05, 0.1) is 13.0 Å². The van der Waals surface area contributed by atoms with E-state index in [-0.39, 0.29) is 0 Å². The number of nitrogens with two attached hydrogens (primary N) is 1. The lowest BCUT2D eigenvalue weighted by Crippen LogP contribution is -2.52. The predicted molar refractivity (Wildman–Crippen MR) is 33.9 cm³/mol. The van der Waals surface area contributed by atoms with Crippen molar-refractivity contribution in [3.8, 4) is 0 Å². The lowest BCUT2D eigenvalue weighted by molar-refractivity contribution is -0.151. The number of carbonyl (C=O) groups is 2. The fourth-order valence-electron chi connectivity index (χ4n) is 0.469. The van der Waals surface area contributed by atoms with Crippen LogP contribution in [0.15, 0.2) is 0 Å². The van der Waals surface area contributed by atoms with Crippen LogP contribution in [0.5, 0.6) is 0 Å². The van der Waals surface area contributed by atoms with Gasteiger partial charge in [0, 0.05) is 0 Å². The highest BCUT2D eigenvalue weighted by molar-refractivity contribution is 5.84. The molecule has 1 atom stereocenters. The summed E-state index contributed by atoms with van der Waals surface area (Å²) in [5.41, 5.74) is 2.95. The standard InChI is InChI=1S/C5H9NO5/c6-5(2-7,4(10)11)1-3(8)9/h7H,1-2,6H2,(H,8,9)(H,10,11). The Morgan fingerprint density at radius 3 is 1.91 bits per heavy atom. The third-order valence-electron chi connectivity index (χ3n) is 1.17. The molecule has 64 valence electrons. The van der Waals surface area contributed by atoms with E-state index in [4.69, 9.17) is 21.1 Å². The molecule has 0 aromatic carbocycles. The summed E-state index contributed by atoms with van der Waals surface area (Å²) in [5.74, 6) is -2.88. The second-order valence-corrected chi connectivity index (χ2v) is 2.19. The molecule has 0 spiro atoms. The van der Waals surface area contributed by atoms with Gasteiger partial charge in [-0.25, -0.2) is 0 Å². The first-order valence-electron chi connectivity index (χ1n) is 2.77. The van der Waals surface area contributed by atoms with Crippen LogP contribution in [-0.4, -0.2) is 39.4 Å². The summed E-state index contributed by atoms with van der Waals surface area (Å²) >= 11 is 0. The van der Waals surface area contributed by atoms with E-state index in [1.54, 1.807) is 0 Å². The van der Waals surface area contributed by atoms with Crippen LogP contribution in [-0.2, 0) is 9.59 Å². The molecule has 11 heavy (non-hydrogen) atoms. The van der Waals surface area contributed by atoms with E-state index in [9.17, 15) is 9.59 Å². The first kappa shape index (κ1) is 9.86. The Morgan fingerprint density at radius 2 is 1.82 bits per heavy atom. The zero-order valence-electron chi connectivity index (χ0n) is 5.65. The van der Waals surface area contributed by atoms with Gasteiger partial charge < -0.3 is 21.1 Å². The zero-order chi connectivity index (χ0) is 9.07. The highest BCUT2D eigenvalue weighted by Crippen LogP contribution is 2.05. The van der Waals surface area contributed by atoms with E-state index in [0.717, 1.165) is 0 Å². The number of carboxylic acids is 2. The number of hydrogen-bond donors (Lipinski definition) is 4. The fraction of sp³-hybridized carbons (Fsp3) is 0.600. The van der Waals surface area contributed by atoms with E-state index >= 15 is 0 Å². The fourth-order valence-corrected chi connectivity index (χ4v) is 0.469. The average Bonchev–Trinajstić information content (AvgIpc) is 1.86. The molecular weight excluding hydrogens is 154 g/mol. The number of carboxylic acid groups (broad SMARTS) is 2. The number of rotatable bonds is 4.